The number of hydrogen-bond donors (Lipinski definition) is 4. The number of fused-ring (bicyclic) bond motifs is 1. The van der Waals surface area contributed by atoms with Crippen LogP contribution in [0, 0.1) is 0 Å². The molecule has 5 N–H and O–H groups in total. The summed E-state index contributed by atoms with van der Waals surface area (Å²) >= 11 is 6.43. The molecule has 8 nitrogen and oxygen atoms in total. The average Bonchev–Trinajstić information content (AvgIpc) is 3.03. The molecule has 9 heteroatoms. The number of aromatic nitrogens is 3. The van der Waals surface area contributed by atoms with Crippen LogP contribution in [0.15, 0.2) is 30.5 Å². The van der Waals surface area contributed by atoms with Gasteiger partial charge in [-0.1, -0.05) is 17.7 Å². The first-order chi connectivity index (χ1) is 13.1. The maximum atomic E-state index is 12.5. The number of methoxy groups -OCH3 is 1. The van der Waals surface area contributed by atoms with Crippen molar-refractivity contribution >= 4 is 34.8 Å². The van der Waals surface area contributed by atoms with Crippen LogP contribution in [0.3, 0.4) is 0 Å². The van der Waals surface area contributed by atoms with Gasteiger partial charge < -0.3 is 26.1 Å². The monoisotopic (exact) mass is 384 g/mol. The van der Waals surface area contributed by atoms with E-state index in [1.54, 1.807) is 25.4 Å². The summed E-state index contributed by atoms with van der Waals surface area (Å²) < 4.78 is 5.27. The Morgan fingerprint density at radius 3 is 2.96 bits per heavy atom. The van der Waals surface area contributed by atoms with E-state index < -0.39 is 0 Å². The molecular formula is C18H17ClN6O2. The van der Waals surface area contributed by atoms with Crippen LogP contribution in [-0.4, -0.2) is 34.5 Å². The number of nitrogens with one attached hydrogen (secondary N) is 3. The highest BCUT2D eigenvalue weighted by Gasteiger charge is 2.28. The molecule has 0 radical (unpaired) electrons. The zero-order valence-corrected chi connectivity index (χ0v) is 15.2. The van der Waals surface area contributed by atoms with Crippen molar-refractivity contribution in [2.45, 2.75) is 6.42 Å². The molecule has 3 heterocycles. The maximum Gasteiger partial charge on any atom is 0.255 e. The van der Waals surface area contributed by atoms with Gasteiger partial charge in [0.05, 0.1) is 35.4 Å². The smallest absolute Gasteiger partial charge is 0.255 e. The topological polar surface area (TPSA) is 118 Å². The number of nitrogen functional groups attached to an aromatic ring is 1. The molecule has 0 spiro atoms. The number of carbonyl (C=O) groups excluding carboxylic acids is 1. The van der Waals surface area contributed by atoms with Gasteiger partial charge in [0.15, 0.2) is 0 Å². The van der Waals surface area contributed by atoms with E-state index >= 15 is 0 Å². The number of rotatable bonds is 4. The van der Waals surface area contributed by atoms with Crippen molar-refractivity contribution in [1.29, 1.82) is 0 Å². The van der Waals surface area contributed by atoms with Gasteiger partial charge in [0, 0.05) is 24.9 Å². The molecule has 0 saturated heterocycles. The highest BCUT2D eigenvalue weighted by molar-refractivity contribution is 6.35. The summed E-state index contributed by atoms with van der Waals surface area (Å²) in [4.78, 5) is 24.0. The molecule has 0 bridgehead atoms. The first-order valence-corrected chi connectivity index (χ1v) is 8.67. The Morgan fingerprint density at radius 2 is 2.19 bits per heavy atom. The number of nitrogens with two attached hydrogens (primary N) is 1. The molecule has 2 aromatic heterocycles. The van der Waals surface area contributed by atoms with Gasteiger partial charge in [0.2, 0.25) is 5.95 Å². The second-order valence-electron chi connectivity index (χ2n) is 5.98. The fourth-order valence-corrected chi connectivity index (χ4v) is 3.36. The molecule has 4 rings (SSSR count). The molecule has 0 aliphatic carbocycles. The minimum atomic E-state index is -0.165. The van der Waals surface area contributed by atoms with Crippen LogP contribution < -0.4 is 21.1 Å². The van der Waals surface area contributed by atoms with Crippen molar-refractivity contribution in [3.05, 3.63) is 46.7 Å². The summed E-state index contributed by atoms with van der Waals surface area (Å²) in [7, 11) is 1.55. The van der Waals surface area contributed by atoms with E-state index in [0.29, 0.717) is 52.1 Å². The molecule has 1 aliphatic rings. The van der Waals surface area contributed by atoms with E-state index in [0.717, 1.165) is 5.69 Å². The fourth-order valence-electron chi connectivity index (χ4n) is 3.11. The Kier molecular flexibility index (Phi) is 4.33. The van der Waals surface area contributed by atoms with Crippen LogP contribution in [0.5, 0.6) is 5.75 Å². The molecule has 1 aliphatic heterocycles. The average molecular weight is 385 g/mol. The molecule has 27 heavy (non-hydrogen) atoms. The standard InChI is InChI=1S/C18H17ClN6O2/c1-27-12-4-2-3-10(14(12)19)24-16-13-9(5-7-21-17(13)26)23-15(16)11-6-8-22-18(20)25-11/h2-4,6,8,23-24H,5,7H2,1H3,(H,21,26)(H2,20,22,25). The van der Waals surface area contributed by atoms with Crippen molar-refractivity contribution in [3.63, 3.8) is 0 Å². The summed E-state index contributed by atoms with van der Waals surface area (Å²) in [5, 5.41) is 6.55. The number of halogens is 1. The van der Waals surface area contributed by atoms with Crippen molar-refractivity contribution in [3.8, 4) is 17.1 Å². The van der Waals surface area contributed by atoms with E-state index in [4.69, 9.17) is 22.1 Å². The SMILES string of the molecule is COc1cccc(Nc2c(-c3ccnc(N)n3)[nH]c3c2C(=O)NCC3)c1Cl. The van der Waals surface area contributed by atoms with Gasteiger partial charge in [-0.2, -0.15) is 0 Å². The molecule has 0 atom stereocenters. The van der Waals surface area contributed by atoms with E-state index in [-0.39, 0.29) is 11.9 Å². The molecule has 0 fully saturated rings. The van der Waals surface area contributed by atoms with Crippen LogP contribution in [0.1, 0.15) is 16.1 Å². The van der Waals surface area contributed by atoms with Gasteiger partial charge in [0.1, 0.15) is 10.8 Å². The van der Waals surface area contributed by atoms with E-state index in [2.05, 4.69) is 25.6 Å². The lowest BCUT2D eigenvalue weighted by atomic mass is 10.1. The van der Waals surface area contributed by atoms with E-state index in [1.165, 1.54) is 0 Å². The van der Waals surface area contributed by atoms with Gasteiger partial charge in [-0.15, -0.1) is 0 Å². The van der Waals surface area contributed by atoms with E-state index in [9.17, 15) is 4.79 Å². The Labute approximate surface area is 160 Å². The Bertz CT molecular complexity index is 1030. The van der Waals surface area contributed by atoms with Crippen molar-refractivity contribution in [1.82, 2.24) is 20.3 Å². The highest BCUT2D eigenvalue weighted by atomic mass is 35.5. The van der Waals surface area contributed by atoms with Gasteiger partial charge in [0.25, 0.3) is 5.91 Å². The highest BCUT2D eigenvalue weighted by Crippen LogP contribution is 2.39. The molecule has 138 valence electrons. The van der Waals surface area contributed by atoms with E-state index in [1.807, 2.05) is 12.1 Å². The number of hydrogen-bond acceptors (Lipinski definition) is 6. The zero-order chi connectivity index (χ0) is 19.0. The molecule has 0 unspecified atom stereocenters. The zero-order valence-electron chi connectivity index (χ0n) is 14.5. The number of carbonyl (C=O) groups is 1. The second kappa shape index (κ2) is 6.81. The number of amides is 1. The third kappa shape index (κ3) is 3.04. The summed E-state index contributed by atoms with van der Waals surface area (Å²) in [5.41, 5.74) is 9.51. The van der Waals surface area contributed by atoms with Crippen molar-refractivity contribution in [2.24, 2.45) is 0 Å². The Balaban J connectivity index is 1.88. The normalized spacial score (nSPS) is 13.0. The minimum Gasteiger partial charge on any atom is -0.495 e. The molecule has 0 saturated carbocycles. The van der Waals surface area contributed by atoms with Crippen LogP contribution in [0.4, 0.5) is 17.3 Å². The first kappa shape index (κ1) is 17.2. The molecule has 1 aromatic carbocycles. The maximum absolute atomic E-state index is 12.5. The number of benzene rings is 1. The summed E-state index contributed by atoms with van der Waals surface area (Å²) in [5.74, 6) is 0.514. The number of nitrogens with zero attached hydrogens (tertiary/aromatic N) is 2. The third-order valence-corrected chi connectivity index (χ3v) is 4.73. The summed E-state index contributed by atoms with van der Waals surface area (Å²) in [6, 6.07) is 7.11. The predicted molar refractivity (Wildman–Crippen MR) is 104 cm³/mol. The summed E-state index contributed by atoms with van der Waals surface area (Å²) in [6.45, 7) is 0.567. The number of ether oxygens (including phenoxy) is 1. The number of aromatic amines is 1. The Hall–Kier alpha value is -3.26. The van der Waals surface area contributed by atoms with Crippen molar-refractivity contribution in [2.75, 3.05) is 24.7 Å². The predicted octanol–water partition coefficient (Wildman–Crippen LogP) is 2.75. The van der Waals surface area contributed by atoms with Crippen molar-refractivity contribution < 1.29 is 9.53 Å². The summed E-state index contributed by atoms with van der Waals surface area (Å²) in [6.07, 6.45) is 2.25. The number of anilines is 3. The second-order valence-corrected chi connectivity index (χ2v) is 6.36. The van der Waals surface area contributed by atoms with Crippen LogP contribution in [-0.2, 0) is 6.42 Å². The lowest BCUT2D eigenvalue weighted by molar-refractivity contribution is 0.0947. The molecule has 3 aromatic rings. The van der Waals surface area contributed by atoms with Gasteiger partial charge in [-0.05, 0) is 18.2 Å². The fraction of sp³-hybridized carbons (Fsp3) is 0.167. The third-order valence-electron chi connectivity index (χ3n) is 4.34. The largest absolute Gasteiger partial charge is 0.495 e. The van der Waals surface area contributed by atoms with Crippen LogP contribution in [0.2, 0.25) is 5.02 Å². The Morgan fingerprint density at radius 1 is 1.33 bits per heavy atom. The lowest BCUT2D eigenvalue weighted by Crippen LogP contribution is -2.31. The quantitative estimate of drug-likeness (QED) is 0.549. The van der Waals surface area contributed by atoms with Gasteiger partial charge in [-0.3, -0.25) is 4.79 Å². The molecule has 1 amide bonds. The lowest BCUT2D eigenvalue weighted by Gasteiger charge is -2.16. The minimum absolute atomic E-state index is 0.148. The molecular weight excluding hydrogens is 368 g/mol. The number of H-pyrrole nitrogens is 1. The van der Waals surface area contributed by atoms with Crippen LogP contribution >= 0.6 is 11.6 Å². The first-order valence-electron chi connectivity index (χ1n) is 8.30. The van der Waals surface area contributed by atoms with Gasteiger partial charge >= 0.3 is 0 Å². The van der Waals surface area contributed by atoms with Gasteiger partial charge in [-0.25, -0.2) is 9.97 Å². The van der Waals surface area contributed by atoms with Crippen LogP contribution in [0.25, 0.3) is 11.4 Å².